The van der Waals surface area contributed by atoms with Crippen LogP contribution in [-0.4, -0.2) is 80.5 Å². The molecule has 1 aliphatic carbocycles. The Bertz CT molecular complexity index is 1220. The summed E-state index contributed by atoms with van der Waals surface area (Å²) in [5, 5.41) is 16.6. The van der Waals surface area contributed by atoms with Crippen LogP contribution >= 0.6 is 0 Å². The van der Waals surface area contributed by atoms with Crippen molar-refractivity contribution < 1.29 is 28.4 Å². The van der Waals surface area contributed by atoms with Gasteiger partial charge in [-0.15, -0.1) is 6.58 Å². The average Bonchev–Trinajstić information content (AvgIpc) is 3.45. The second-order valence-electron chi connectivity index (χ2n) is 14.7. The maximum Gasteiger partial charge on any atom is 0.163 e. The topological polar surface area (TPSA) is 90.6 Å². The summed E-state index contributed by atoms with van der Waals surface area (Å²) in [5.74, 6) is -1.10. The Morgan fingerprint density at radius 3 is 2.17 bits per heavy atom. The van der Waals surface area contributed by atoms with Gasteiger partial charge in [-0.1, -0.05) is 52.3 Å². The standard InChI is InChI=1S/C29H49FN4O5Si2/c1-11-28(4)17-29(35,25-24(28)38-27(2,3)39-25)22-16-21(30)23-26(31-18-32-34(22)23)33(19-36-12-14-40(5,6)7)20-37-13-15-41(8,9)10/h11,16,18,24-25,35H,1,12-15,17,19-20H2,2-10H3/t24-,25+,28-,29+/m0/s1. The molecule has 9 nitrogen and oxygen atoms in total. The van der Waals surface area contributed by atoms with Crippen molar-refractivity contribution in [2.75, 3.05) is 31.6 Å². The zero-order valence-electron chi connectivity index (χ0n) is 26.3. The molecule has 230 valence electrons. The number of rotatable bonds is 13. The van der Waals surface area contributed by atoms with Crippen LogP contribution in [0, 0.1) is 11.2 Å². The molecule has 0 unspecified atom stereocenters. The van der Waals surface area contributed by atoms with Crippen LogP contribution in [0.25, 0.3) is 5.52 Å². The smallest absolute Gasteiger partial charge is 0.163 e. The number of hydrogen-bond acceptors (Lipinski definition) is 8. The second-order valence-corrected chi connectivity index (χ2v) is 26.0. The minimum absolute atomic E-state index is 0.153. The third-order valence-electron chi connectivity index (χ3n) is 8.05. The van der Waals surface area contributed by atoms with E-state index in [0.29, 0.717) is 19.0 Å². The van der Waals surface area contributed by atoms with Gasteiger partial charge in [-0.3, -0.25) is 0 Å². The molecule has 3 heterocycles. The highest BCUT2D eigenvalue weighted by Crippen LogP contribution is 2.57. The van der Waals surface area contributed by atoms with Crippen LogP contribution in [0.15, 0.2) is 25.0 Å². The quantitative estimate of drug-likeness (QED) is 0.136. The molecule has 0 spiro atoms. The molecule has 1 N–H and O–H groups in total. The summed E-state index contributed by atoms with van der Waals surface area (Å²) in [6, 6.07) is 3.36. The number of aliphatic hydroxyl groups is 1. The summed E-state index contributed by atoms with van der Waals surface area (Å²) >= 11 is 0. The van der Waals surface area contributed by atoms with Gasteiger partial charge in [0, 0.05) is 40.8 Å². The molecule has 41 heavy (non-hydrogen) atoms. The first kappa shape index (κ1) is 32.2. The molecule has 0 amide bonds. The first-order chi connectivity index (χ1) is 18.9. The molecule has 0 bridgehead atoms. The molecule has 4 rings (SSSR count). The Morgan fingerprint density at radius 2 is 1.63 bits per heavy atom. The van der Waals surface area contributed by atoms with Gasteiger partial charge in [-0.05, 0) is 32.4 Å². The number of anilines is 1. The fourth-order valence-electron chi connectivity index (χ4n) is 5.59. The monoisotopic (exact) mass is 608 g/mol. The first-order valence-electron chi connectivity index (χ1n) is 14.5. The Morgan fingerprint density at radius 1 is 1.07 bits per heavy atom. The summed E-state index contributed by atoms with van der Waals surface area (Å²) < 4.78 is 41.9. The lowest BCUT2D eigenvalue weighted by molar-refractivity contribution is -0.189. The van der Waals surface area contributed by atoms with Crippen molar-refractivity contribution in [3.63, 3.8) is 0 Å². The number of hydrogen-bond donors (Lipinski definition) is 1. The third kappa shape index (κ3) is 6.95. The molecule has 1 saturated heterocycles. The van der Waals surface area contributed by atoms with Crippen molar-refractivity contribution in [3.8, 4) is 0 Å². The van der Waals surface area contributed by atoms with Crippen LogP contribution in [0.1, 0.15) is 32.9 Å². The van der Waals surface area contributed by atoms with Crippen molar-refractivity contribution in [3.05, 3.63) is 36.6 Å². The van der Waals surface area contributed by atoms with Crippen LogP contribution in [0.4, 0.5) is 10.2 Å². The molecule has 4 atom stereocenters. The number of aromatic nitrogens is 3. The van der Waals surface area contributed by atoms with Gasteiger partial charge in [0.05, 0.1) is 11.8 Å². The Kier molecular flexibility index (Phi) is 8.99. The number of nitrogens with zero attached hydrogens (tertiary/aromatic N) is 4. The van der Waals surface area contributed by atoms with Gasteiger partial charge >= 0.3 is 0 Å². The second kappa shape index (κ2) is 11.4. The maximum atomic E-state index is 15.9. The van der Waals surface area contributed by atoms with Gasteiger partial charge < -0.3 is 29.0 Å². The number of halogens is 1. The SMILES string of the molecule is C=C[C@@]1(C)C[C@@](O)(c2cc(F)c3c(N(COCC[Si](C)(C)C)COCC[Si](C)(C)C)ncnn23)[C@@H]2OC(C)(C)O[C@@H]21. The van der Waals surface area contributed by atoms with Gasteiger partial charge in [0.2, 0.25) is 0 Å². The zero-order chi connectivity index (χ0) is 30.4. The molecule has 1 aliphatic heterocycles. The van der Waals surface area contributed by atoms with Crippen molar-refractivity contribution in [2.45, 2.75) is 102 Å². The summed E-state index contributed by atoms with van der Waals surface area (Å²) in [5.41, 5.74) is -1.73. The molecule has 0 radical (unpaired) electrons. The van der Waals surface area contributed by atoms with Gasteiger partial charge in [-0.2, -0.15) is 5.10 Å². The van der Waals surface area contributed by atoms with Crippen LogP contribution < -0.4 is 4.90 Å². The fraction of sp³-hybridized carbons (Fsp3) is 0.724. The van der Waals surface area contributed by atoms with Crippen LogP contribution in [0.3, 0.4) is 0 Å². The molecular formula is C29H49FN4O5Si2. The van der Waals surface area contributed by atoms with E-state index in [1.54, 1.807) is 11.0 Å². The highest BCUT2D eigenvalue weighted by molar-refractivity contribution is 6.76. The lowest BCUT2D eigenvalue weighted by Crippen LogP contribution is -2.40. The summed E-state index contributed by atoms with van der Waals surface area (Å²) in [7, 11) is -2.57. The maximum absolute atomic E-state index is 15.9. The molecular weight excluding hydrogens is 560 g/mol. The van der Waals surface area contributed by atoms with E-state index < -0.39 is 51.0 Å². The van der Waals surface area contributed by atoms with Crippen LogP contribution in [0.2, 0.25) is 51.4 Å². The first-order valence-corrected chi connectivity index (χ1v) is 22.0. The van der Waals surface area contributed by atoms with E-state index in [1.807, 2.05) is 20.8 Å². The molecule has 12 heteroatoms. The predicted molar refractivity (Wildman–Crippen MR) is 164 cm³/mol. The molecule has 2 aliphatic rings. The van der Waals surface area contributed by atoms with E-state index in [-0.39, 0.29) is 31.1 Å². The van der Waals surface area contributed by atoms with Gasteiger partial charge in [0.15, 0.2) is 17.4 Å². The molecule has 1 saturated carbocycles. The molecule has 0 aromatic carbocycles. The van der Waals surface area contributed by atoms with Crippen molar-refractivity contribution in [1.82, 2.24) is 14.6 Å². The lowest BCUT2D eigenvalue weighted by Gasteiger charge is -2.32. The van der Waals surface area contributed by atoms with Crippen LogP contribution in [0.5, 0.6) is 0 Å². The average molecular weight is 609 g/mol. The lowest BCUT2D eigenvalue weighted by atomic mass is 9.84. The van der Waals surface area contributed by atoms with E-state index in [2.05, 4.69) is 55.9 Å². The molecule has 2 fully saturated rings. The Balaban J connectivity index is 1.69. The van der Waals surface area contributed by atoms with E-state index in [1.165, 1.54) is 16.9 Å². The minimum Gasteiger partial charge on any atom is -0.381 e. The van der Waals surface area contributed by atoms with Crippen LogP contribution in [-0.2, 0) is 24.5 Å². The molecule has 2 aromatic heterocycles. The highest BCUT2D eigenvalue weighted by atomic mass is 28.3. The Hall–Kier alpha value is -1.68. The van der Waals surface area contributed by atoms with Crippen molar-refractivity contribution in [2.24, 2.45) is 5.41 Å². The summed E-state index contributed by atoms with van der Waals surface area (Å²) in [6.07, 6.45) is 2.22. The van der Waals surface area contributed by atoms with E-state index in [4.69, 9.17) is 18.9 Å². The van der Waals surface area contributed by atoms with Crippen molar-refractivity contribution >= 4 is 27.5 Å². The minimum atomic E-state index is -1.58. The number of ether oxygens (including phenoxy) is 4. The Labute approximate surface area is 246 Å². The molecule has 2 aromatic rings. The largest absolute Gasteiger partial charge is 0.381 e. The highest BCUT2D eigenvalue weighted by Gasteiger charge is 2.66. The summed E-state index contributed by atoms with van der Waals surface area (Å²) in [6.45, 7) is 25.0. The number of fused-ring (bicyclic) bond motifs is 2. The van der Waals surface area contributed by atoms with Gasteiger partial charge in [-0.25, -0.2) is 13.9 Å². The summed E-state index contributed by atoms with van der Waals surface area (Å²) in [4.78, 5) is 6.28. The zero-order valence-corrected chi connectivity index (χ0v) is 28.3. The predicted octanol–water partition coefficient (Wildman–Crippen LogP) is 5.60. The van der Waals surface area contributed by atoms with E-state index >= 15 is 4.39 Å². The van der Waals surface area contributed by atoms with Gasteiger partial charge in [0.25, 0.3) is 0 Å². The fourth-order valence-corrected chi connectivity index (χ4v) is 7.10. The third-order valence-corrected chi connectivity index (χ3v) is 11.5. The van der Waals surface area contributed by atoms with E-state index in [9.17, 15) is 5.11 Å². The normalized spacial score (nSPS) is 27.9. The van der Waals surface area contributed by atoms with Gasteiger partial charge in [0.1, 0.15) is 37.0 Å². The van der Waals surface area contributed by atoms with E-state index in [0.717, 1.165) is 12.1 Å². The van der Waals surface area contributed by atoms with Crippen molar-refractivity contribution in [1.29, 1.82) is 0 Å².